The minimum Gasteiger partial charge on any atom is -0.454 e. The number of nitrogens with one attached hydrogen (secondary N) is 1. The van der Waals surface area contributed by atoms with Crippen molar-refractivity contribution >= 4 is 21.8 Å². The van der Waals surface area contributed by atoms with Gasteiger partial charge in [0.2, 0.25) is 15.8 Å². The van der Waals surface area contributed by atoms with Gasteiger partial charge in [-0.15, -0.1) is 0 Å². The number of nitrogens with zero attached hydrogens (tertiary/aromatic N) is 1. The number of carbonyl (C=O) groups excluding carboxylic acids is 2. The molecule has 0 fully saturated rings. The maximum atomic E-state index is 12.6. The number of benzene rings is 2. The molecule has 0 aliphatic rings. The van der Waals surface area contributed by atoms with E-state index < -0.39 is 22.6 Å². The first kappa shape index (κ1) is 24.4. The molecule has 0 amide bonds. The number of esters is 1. The summed E-state index contributed by atoms with van der Waals surface area (Å²) in [5.74, 6) is -1.06. The van der Waals surface area contributed by atoms with Crippen LogP contribution in [0.4, 0.5) is 0 Å². The van der Waals surface area contributed by atoms with E-state index in [2.05, 4.69) is 16.2 Å². The van der Waals surface area contributed by atoms with Crippen LogP contribution in [0, 0.1) is 13.8 Å². The van der Waals surface area contributed by atoms with Gasteiger partial charge in [0.25, 0.3) is 0 Å². The highest BCUT2D eigenvalue weighted by molar-refractivity contribution is 7.89. The van der Waals surface area contributed by atoms with Gasteiger partial charge in [-0.3, -0.25) is 4.79 Å². The van der Waals surface area contributed by atoms with Crippen molar-refractivity contribution in [2.45, 2.75) is 45.2 Å². The Kier molecular flexibility index (Phi) is 7.84. The molecule has 0 unspecified atom stereocenters. The standard InChI is InChI=1S/C25H28N2O5S/c1-4-13-27-18(2)14-23(19(27)3)24(28)17-32-25(29)21-11-8-12-22(15-21)33(30,31)26-16-20-9-6-5-7-10-20/h5-12,14-15,26H,4,13,16-17H2,1-3H3. The third-order valence-electron chi connectivity index (χ3n) is 5.34. The third kappa shape index (κ3) is 5.97. The number of hydrogen-bond acceptors (Lipinski definition) is 5. The molecule has 0 aliphatic heterocycles. The first-order valence-electron chi connectivity index (χ1n) is 10.7. The van der Waals surface area contributed by atoms with E-state index in [1.54, 1.807) is 6.07 Å². The van der Waals surface area contributed by atoms with E-state index in [1.807, 2.05) is 44.2 Å². The Hall–Kier alpha value is -3.23. The lowest BCUT2D eigenvalue weighted by Crippen LogP contribution is -2.23. The fraction of sp³-hybridized carbons (Fsp3) is 0.280. The molecule has 0 atom stereocenters. The highest BCUT2D eigenvalue weighted by Crippen LogP contribution is 2.17. The quantitative estimate of drug-likeness (QED) is 0.358. The summed E-state index contributed by atoms with van der Waals surface area (Å²) in [6.45, 7) is 6.39. The Labute approximate surface area is 194 Å². The van der Waals surface area contributed by atoms with Crippen molar-refractivity contribution < 1.29 is 22.7 Å². The van der Waals surface area contributed by atoms with Gasteiger partial charge in [0.1, 0.15) is 0 Å². The van der Waals surface area contributed by atoms with Gasteiger partial charge in [0, 0.05) is 30.0 Å². The van der Waals surface area contributed by atoms with E-state index >= 15 is 0 Å². The van der Waals surface area contributed by atoms with Crippen LogP contribution in [0.25, 0.3) is 0 Å². The summed E-state index contributed by atoms with van der Waals surface area (Å²) in [6.07, 6.45) is 0.943. The van der Waals surface area contributed by atoms with Crippen LogP contribution in [0.2, 0.25) is 0 Å². The molecule has 3 aromatic rings. The highest BCUT2D eigenvalue weighted by Gasteiger charge is 2.20. The fourth-order valence-corrected chi connectivity index (χ4v) is 4.65. The summed E-state index contributed by atoms with van der Waals surface area (Å²) in [5.41, 5.74) is 3.21. The maximum absolute atomic E-state index is 12.6. The molecule has 0 bridgehead atoms. The number of hydrogen-bond donors (Lipinski definition) is 1. The highest BCUT2D eigenvalue weighted by atomic mass is 32.2. The molecule has 0 saturated heterocycles. The van der Waals surface area contributed by atoms with Gasteiger partial charge in [-0.05, 0) is 50.1 Å². The van der Waals surface area contributed by atoms with Crippen LogP contribution in [0.5, 0.6) is 0 Å². The monoisotopic (exact) mass is 468 g/mol. The first-order chi connectivity index (χ1) is 15.7. The van der Waals surface area contributed by atoms with E-state index in [1.165, 1.54) is 24.3 Å². The maximum Gasteiger partial charge on any atom is 0.338 e. The summed E-state index contributed by atoms with van der Waals surface area (Å²) in [5, 5.41) is 0. The van der Waals surface area contributed by atoms with Crippen molar-refractivity contribution in [2.24, 2.45) is 0 Å². The molecule has 174 valence electrons. The van der Waals surface area contributed by atoms with E-state index in [4.69, 9.17) is 4.74 Å². The minimum absolute atomic E-state index is 0.0534. The van der Waals surface area contributed by atoms with Crippen molar-refractivity contribution in [1.29, 1.82) is 0 Å². The van der Waals surface area contributed by atoms with Gasteiger partial charge in [-0.1, -0.05) is 43.3 Å². The smallest absolute Gasteiger partial charge is 0.338 e. The van der Waals surface area contributed by atoms with Crippen molar-refractivity contribution in [3.63, 3.8) is 0 Å². The normalized spacial score (nSPS) is 11.4. The second kappa shape index (κ2) is 10.6. The molecule has 1 aromatic heterocycles. The predicted molar refractivity (Wildman–Crippen MR) is 126 cm³/mol. The second-order valence-electron chi connectivity index (χ2n) is 7.77. The Morgan fingerprint density at radius 2 is 1.73 bits per heavy atom. The van der Waals surface area contributed by atoms with Crippen LogP contribution < -0.4 is 4.72 Å². The van der Waals surface area contributed by atoms with Gasteiger partial charge in [-0.2, -0.15) is 0 Å². The number of sulfonamides is 1. The fourth-order valence-electron chi connectivity index (χ4n) is 3.59. The van der Waals surface area contributed by atoms with Crippen molar-refractivity contribution in [3.8, 4) is 0 Å². The SMILES string of the molecule is CCCn1c(C)cc(C(=O)COC(=O)c2cccc(S(=O)(=O)NCc3ccccc3)c2)c1C. The van der Waals surface area contributed by atoms with E-state index in [0.717, 1.165) is 29.9 Å². The van der Waals surface area contributed by atoms with Crippen LogP contribution in [-0.2, 0) is 27.8 Å². The Bertz CT molecular complexity index is 1250. The molecular formula is C25H28N2O5S. The van der Waals surface area contributed by atoms with Gasteiger partial charge >= 0.3 is 5.97 Å². The summed E-state index contributed by atoms with van der Waals surface area (Å²) < 4.78 is 35.0. The minimum atomic E-state index is -3.83. The second-order valence-corrected chi connectivity index (χ2v) is 9.54. The van der Waals surface area contributed by atoms with Crippen molar-refractivity contribution in [1.82, 2.24) is 9.29 Å². The largest absolute Gasteiger partial charge is 0.454 e. The molecule has 33 heavy (non-hydrogen) atoms. The first-order valence-corrected chi connectivity index (χ1v) is 12.2. The summed E-state index contributed by atoms with van der Waals surface area (Å²) >= 11 is 0. The lowest BCUT2D eigenvalue weighted by atomic mass is 10.1. The number of aryl methyl sites for hydroxylation is 1. The number of Topliss-reactive ketones (excluding diaryl/α,β-unsaturated/α-hetero) is 1. The molecule has 1 heterocycles. The molecular weight excluding hydrogens is 440 g/mol. The summed E-state index contributed by atoms with van der Waals surface area (Å²) in [4.78, 5) is 25.1. The lowest BCUT2D eigenvalue weighted by Gasteiger charge is -2.09. The van der Waals surface area contributed by atoms with Crippen LogP contribution in [0.3, 0.4) is 0 Å². The van der Waals surface area contributed by atoms with Crippen LogP contribution >= 0.6 is 0 Å². The molecule has 0 aliphatic carbocycles. The number of ketones is 1. The topological polar surface area (TPSA) is 94.5 Å². The Balaban J connectivity index is 1.66. The Morgan fingerprint density at radius 3 is 2.42 bits per heavy atom. The van der Waals surface area contributed by atoms with Crippen LogP contribution in [0.15, 0.2) is 65.6 Å². The average Bonchev–Trinajstić information content (AvgIpc) is 3.10. The zero-order valence-corrected chi connectivity index (χ0v) is 19.8. The molecule has 0 spiro atoms. The van der Waals surface area contributed by atoms with Gasteiger partial charge in [0.15, 0.2) is 6.61 Å². The van der Waals surface area contributed by atoms with E-state index in [-0.39, 0.29) is 22.8 Å². The van der Waals surface area contributed by atoms with Crippen LogP contribution in [0.1, 0.15) is 51.0 Å². The van der Waals surface area contributed by atoms with Crippen molar-refractivity contribution in [3.05, 3.63) is 88.7 Å². The predicted octanol–water partition coefficient (Wildman–Crippen LogP) is 4.03. The molecule has 0 saturated carbocycles. The Morgan fingerprint density at radius 1 is 1.00 bits per heavy atom. The molecule has 3 rings (SSSR count). The van der Waals surface area contributed by atoms with E-state index in [9.17, 15) is 18.0 Å². The number of carbonyl (C=O) groups is 2. The van der Waals surface area contributed by atoms with Crippen molar-refractivity contribution in [2.75, 3.05) is 6.61 Å². The lowest BCUT2D eigenvalue weighted by molar-refractivity contribution is 0.0474. The number of ether oxygens (including phenoxy) is 1. The third-order valence-corrected chi connectivity index (χ3v) is 6.74. The summed E-state index contributed by atoms with van der Waals surface area (Å²) in [6, 6.07) is 16.5. The average molecular weight is 469 g/mol. The van der Waals surface area contributed by atoms with Gasteiger partial charge in [0.05, 0.1) is 10.5 Å². The molecule has 0 radical (unpaired) electrons. The van der Waals surface area contributed by atoms with Gasteiger partial charge < -0.3 is 9.30 Å². The molecule has 7 nitrogen and oxygen atoms in total. The molecule has 8 heteroatoms. The molecule has 2 aromatic carbocycles. The number of aromatic nitrogens is 1. The van der Waals surface area contributed by atoms with Gasteiger partial charge in [-0.25, -0.2) is 17.9 Å². The summed E-state index contributed by atoms with van der Waals surface area (Å²) in [7, 11) is -3.83. The van der Waals surface area contributed by atoms with E-state index in [0.29, 0.717) is 5.56 Å². The number of rotatable bonds is 10. The van der Waals surface area contributed by atoms with Crippen LogP contribution in [-0.4, -0.2) is 31.3 Å². The zero-order valence-electron chi connectivity index (χ0n) is 19.0. The zero-order chi connectivity index (χ0) is 24.0. The molecule has 1 N–H and O–H groups in total.